The highest BCUT2D eigenvalue weighted by Gasteiger charge is 2.39. The maximum Gasteiger partial charge on any atom is 0.122 e. The number of benzene rings is 1. The minimum Gasteiger partial charge on any atom is -0.497 e. The van der Waals surface area contributed by atoms with E-state index in [4.69, 9.17) is 20.1 Å². The van der Waals surface area contributed by atoms with Crippen LogP contribution < -0.4 is 20.7 Å². The Hall–Kier alpha value is -1.30. The first-order valence-electron chi connectivity index (χ1n) is 6.46. The zero-order valence-corrected chi connectivity index (χ0v) is 11.7. The van der Waals surface area contributed by atoms with Gasteiger partial charge in [0.05, 0.1) is 25.9 Å². The van der Waals surface area contributed by atoms with Gasteiger partial charge in [-0.3, -0.25) is 11.3 Å². The number of methoxy groups -OCH3 is 2. The zero-order chi connectivity index (χ0) is 13.9. The van der Waals surface area contributed by atoms with Gasteiger partial charge in [-0.25, -0.2) is 0 Å². The Labute approximate surface area is 114 Å². The summed E-state index contributed by atoms with van der Waals surface area (Å²) >= 11 is 0. The van der Waals surface area contributed by atoms with Crippen LogP contribution in [-0.2, 0) is 4.74 Å². The molecule has 2 rings (SSSR count). The number of nitrogens with two attached hydrogens (primary N) is 1. The number of hydrogen-bond donors (Lipinski definition) is 2. The van der Waals surface area contributed by atoms with Crippen molar-refractivity contribution in [3.8, 4) is 11.5 Å². The lowest BCUT2D eigenvalue weighted by molar-refractivity contribution is -0.0126. The van der Waals surface area contributed by atoms with Crippen molar-refractivity contribution in [1.82, 2.24) is 5.43 Å². The Kier molecular flexibility index (Phi) is 4.29. The van der Waals surface area contributed by atoms with E-state index in [0.717, 1.165) is 36.5 Å². The standard InChI is InChI=1S/C14H22N2O3/c1-14(5-4-6-19-14)13(16-15)10-7-11(17-2)9-12(8-10)18-3/h7-9,13,16H,4-6,15H2,1-3H3. The van der Waals surface area contributed by atoms with Gasteiger partial charge in [0.25, 0.3) is 0 Å². The maximum absolute atomic E-state index is 5.87. The van der Waals surface area contributed by atoms with Crippen molar-refractivity contribution >= 4 is 0 Å². The Morgan fingerprint density at radius 3 is 2.32 bits per heavy atom. The lowest BCUT2D eigenvalue weighted by Gasteiger charge is -2.33. The first kappa shape index (κ1) is 14.1. The van der Waals surface area contributed by atoms with Gasteiger partial charge in [-0.15, -0.1) is 0 Å². The molecule has 0 bridgehead atoms. The van der Waals surface area contributed by atoms with Crippen LogP contribution in [0.15, 0.2) is 18.2 Å². The molecule has 5 nitrogen and oxygen atoms in total. The molecule has 3 N–H and O–H groups in total. The number of hydrazine groups is 1. The van der Waals surface area contributed by atoms with E-state index in [9.17, 15) is 0 Å². The third-order valence-electron chi connectivity index (χ3n) is 3.73. The van der Waals surface area contributed by atoms with Crippen molar-refractivity contribution in [3.63, 3.8) is 0 Å². The van der Waals surface area contributed by atoms with Gasteiger partial charge < -0.3 is 14.2 Å². The summed E-state index contributed by atoms with van der Waals surface area (Å²) in [7, 11) is 3.27. The van der Waals surface area contributed by atoms with Gasteiger partial charge in [0.2, 0.25) is 0 Å². The predicted molar refractivity (Wildman–Crippen MR) is 73.2 cm³/mol. The van der Waals surface area contributed by atoms with E-state index < -0.39 is 0 Å². The van der Waals surface area contributed by atoms with Gasteiger partial charge in [-0.05, 0) is 37.5 Å². The normalized spacial score (nSPS) is 24.2. The Morgan fingerprint density at radius 1 is 1.26 bits per heavy atom. The van der Waals surface area contributed by atoms with Crippen LogP contribution in [0.2, 0.25) is 0 Å². The van der Waals surface area contributed by atoms with Gasteiger partial charge in [-0.2, -0.15) is 0 Å². The Bertz CT molecular complexity index is 408. The van der Waals surface area contributed by atoms with Crippen molar-refractivity contribution in [3.05, 3.63) is 23.8 Å². The lowest BCUT2D eigenvalue weighted by atomic mass is 9.88. The van der Waals surface area contributed by atoms with Crippen LogP contribution in [0.3, 0.4) is 0 Å². The van der Waals surface area contributed by atoms with Crippen LogP contribution in [0.25, 0.3) is 0 Å². The molecule has 1 aliphatic heterocycles. The molecule has 1 aliphatic rings. The van der Waals surface area contributed by atoms with Crippen LogP contribution in [0, 0.1) is 0 Å². The molecular weight excluding hydrogens is 244 g/mol. The van der Waals surface area contributed by atoms with E-state index in [1.54, 1.807) is 14.2 Å². The molecule has 1 aromatic rings. The van der Waals surface area contributed by atoms with E-state index >= 15 is 0 Å². The molecule has 1 fully saturated rings. The quantitative estimate of drug-likeness (QED) is 0.628. The second kappa shape index (κ2) is 5.77. The van der Waals surface area contributed by atoms with Gasteiger partial charge in [-0.1, -0.05) is 0 Å². The van der Waals surface area contributed by atoms with E-state index in [1.165, 1.54) is 0 Å². The molecule has 2 atom stereocenters. The summed E-state index contributed by atoms with van der Waals surface area (Å²) in [5.41, 5.74) is 3.57. The molecule has 1 saturated heterocycles. The molecule has 0 radical (unpaired) electrons. The van der Waals surface area contributed by atoms with Crippen molar-refractivity contribution in [1.29, 1.82) is 0 Å². The third kappa shape index (κ3) is 2.83. The van der Waals surface area contributed by atoms with E-state index in [1.807, 2.05) is 18.2 Å². The molecule has 106 valence electrons. The number of nitrogens with one attached hydrogen (secondary N) is 1. The topological polar surface area (TPSA) is 65.7 Å². The predicted octanol–water partition coefficient (Wildman–Crippen LogP) is 1.78. The highest BCUT2D eigenvalue weighted by Crippen LogP contribution is 2.39. The van der Waals surface area contributed by atoms with Crippen molar-refractivity contribution in [2.24, 2.45) is 5.84 Å². The lowest BCUT2D eigenvalue weighted by Crippen LogP contribution is -2.44. The first-order chi connectivity index (χ1) is 9.12. The first-order valence-corrected chi connectivity index (χ1v) is 6.46. The molecule has 5 heteroatoms. The SMILES string of the molecule is COc1cc(OC)cc(C(NN)C2(C)CCCO2)c1. The molecule has 0 saturated carbocycles. The molecule has 0 aliphatic carbocycles. The number of hydrogen-bond acceptors (Lipinski definition) is 5. The second-order valence-electron chi connectivity index (χ2n) is 5.01. The monoisotopic (exact) mass is 266 g/mol. The average Bonchev–Trinajstić information content (AvgIpc) is 2.86. The second-order valence-corrected chi connectivity index (χ2v) is 5.01. The molecule has 0 aromatic heterocycles. The van der Waals surface area contributed by atoms with Crippen LogP contribution in [0.1, 0.15) is 31.4 Å². The fourth-order valence-corrected chi connectivity index (χ4v) is 2.65. The van der Waals surface area contributed by atoms with E-state index in [-0.39, 0.29) is 11.6 Å². The summed E-state index contributed by atoms with van der Waals surface area (Å²) in [5, 5.41) is 0. The summed E-state index contributed by atoms with van der Waals surface area (Å²) in [5.74, 6) is 7.23. The Balaban J connectivity index is 2.36. The summed E-state index contributed by atoms with van der Waals surface area (Å²) in [4.78, 5) is 0. The van der Waals surface area contributed by atoms with Crippen LogP contribution in [0.5, 0.6) is 11.5 Å². The summed E-state index contributed by atoms with van der Waals surface area (Å²) in [6, 6.07) is 5.66. The van der Waals surface area contributed by atoms with Gasteiger partial charge in [0.15, 0.2) is 0 Å². The third-order valence-corrected chi connectivity index (χ3v) is 3.73. The van der Waals surface area contributed by atoms with Crippen LogP contribution in [0.4, 0.5) is 0 Å². The van der Waals surface area contributed by atoms with Gasteiger partial charge in [0.1, 0.15) is 11.5 Å². The number of rotatable bonds is 5. The molecule has 19 heavy (non-hydrogen) atoms. The highest BCUT2D eigenvalue weighted by molar-refractivity contribution is 5.40. The van der Waals surface area contributed by atoms with Crippen LogP contribution >= 0.6 is 0 Å². The largest absolute Gasteiger partial charge is 0.497 e. The fourth-order valence-electron chi connectivity index (χ4n) is 2.65. The van der Waals surface area contributed by atoms with E-state index in [2.05, 4.69) is 12.3 Å². The Morgan fingerprint density at radius 2 is 1.89 bits per heavy atom. The summed E-state index contributed by atoms with van der Waals surface area (Å²) in [6.45, 7) is 2.85. The molecule has 0 amide bonds. The highest BCUT2D eigenvalue weighted by atomic mass is 16.5. The smallest absolute Gasteiger partial charge is 0.122 e. The summed E-state index contributed by atoms with van der Waals surface area (Å²) < 4.78 is 16.5. The molecule has 1 aromatic carbocycles. The minimum atomic E-state index is -0.299. The zero-order valence-electron chi connectivity index (χ0n) is 11.7. The fraction of sp³-hybridized carbons (Fsp3) is 0.571. The summed E-state index contributed by atoms with van der Waals surface area (Å²) in [6.07, 6.45) is 2.02. The maximum atomic E-state index is 5.87. The molecule has 1 heterocycles. The van der Waals surface area contributed by atoms with Gasteiger partial charge in [0, 0.05) is 12.7 Å². The van der Waals surface area contributed by atoms with Crippen LogP contribution in [-0.4, -0.2) is 26.4 Å². The van der Waals surface area contributed by atoms with Crippen molar-refractivity contribution in [2.45, 2.75) is 31.4 Å². The number of ether oxygens (including phenoxy) is 3. The van der Waals surface area contributed by atoms with Crippen molar-refractivity contribution in [2.75, 3.05) is 20.8 Å². The molecule has 2 unspecified atom stereocenters. The molecule has 0 spiro atoms. The minimum absolute atomic E-state index is 0.0981. The average molecular weight is 266 g/mol. The van der Waals surface area contributed by atoms with Gasteiger partial charge >= 0.3 is 0 Å². The van der Waals surface area contributed by atoms with Crippen molar-refractivity contribution < 1.29 is 14.2 Å². The molecular formula is C14H22N2O3. The van der Waals surface area contributed by atoms with E-state index in [0.29, 0.717) is 0 Å².